The van der Waals surface area contributed by atoms with Crippen LogP contribution in [-0.4, -0.2) is 23.3 Å². The van der Waals surface area contributed by atoms with Gasteiger partial charge < -0.3 is 9.72 Å². The SMILES string of the molecule is CCc1cccc2c(C(=O)COC(=O)c3cccs3)c[nH]c12. The summed E-state index contributed by atoms with van der Waals surface area (Å²) in [6.45, 7) is 1.82. The van der Waals surface area contributed by atoms with Gasteiger partial charge in [0.2, 0.25) is 5.78 Å². The van der Waals surface area contributed by atoms with Crippen LogP contribution in [0.1, 0.15) is 32.5 Å². The van der Waals surface area contributed by atoms with E-state index in [0.29, 0.717) is 10.4 Å². The molecule has 112 valence electrons. The maximum absolute atomic E-state index is 12.3. The van der Waals surface area contributed by atoms with E-state index in [9.17, 15) is 9.59 Å². The molecule has 0 radical (unpaired) electrons. The summed E-state index contributed by atoms with van der Waals surface area (Å²) in [5, 5.41) is 2.67. The Labute approximate surface area is 131 Å². The van der Waals surface area contributed by atoms with E-state index >= 15 is 0 Å². The number of carbonyl (C=O) groups is 2. The molecule has 3 aromatic rings. The van der Waals surface area contributed by atoms with Crippen molar-refractivity contribution in [3.05, 3.63) is 57.9 Å². The van der Waals surface area contributed by atoms with Crippen molar-refractivity contribution >= 4 is 34.0 Å². The molecule has 0 aliphatic heterocycles. The summed E-state index contributed by atoms with van der Waals surface area (Å²) in [5.41, 5.74) is 2.69. The van der Waals surface area contributed by atoms with Crippen LogP contribution in [0.2, 0.25) is 0 Å². The quantitative estimate of drug-likeness (QED) is 0.575. The summed E-state index contributed by atoms with van der Waals surface area (Å²) in [5.74, 6) is -0.665. The number of rotatable bonds is 5. The summed E-state index contributed by atoms with van der Waals surface area (Å²) in [6, 6.07) is 9.32. The van der Waals surface area contributed by atoms with Gasteiger partial charge in [-0.05, 0) is 23.4 Å². The molecule has 3 rings (SSSR count). The maximum Gasteiger partial charge on any atom is 0.348 e. The van der Waals surface area contributed by atoms with Gasteiger partial charge in [0.1, 0.15) is 4.88 Å². The largest absolute Gasteiger partial charge is 0.453 e. The number of H-pyrrole nitrogens is 1. The van der Waals surface area contributed by atoms with Gasteiger partial charge in [-0.15, -0.1) is 11.3 Å². The van der Waals surface area contributed by atoms with Gasteiger partial charge in [0, 0.05) is 22.7 Å². The van der Waals surface area contributed by atoms with Crippen LogP contribution in [0, 0.1) is 0 Å². The van der Waals surface area contributed by atoms with Crippen LogP contribution in [0.5, 0.6) is 0 Å². The zero-order valence-corrected chi connectivity index (χ0v) is 12.9. The molecule has 0 aliphatic rings. The highest BCUT2D eigenvalue weighted by atomic mass is 32.1. The number of benzene rings is 1. The topological polar surface area (TPSA) is 59.2 Å². The van der Waals surface area contributed by atoms with Crippen molar-refractivity contribution < 1.29 is 14.3 Å². The van der Waals surface area contributed by atoms with Gasteiger partial charge in [-0.25, -0.2) is 4.79 Å². The smallest absolute Gasteiger partial charge is 0.348 e. The van der Waals surface area contributed by atoms with Crippen molar-refractivity contribution in [2.24, 2.45) is 0 Å². The minimum atomic E-state index is -0.461. The first-order chi connectivity index (χ1) is 10.7. The van der Waals surface area contributed by atoms with Crippen molar-refractivity contribution in [3.8, 4) is 0 Å². The second-order valence-electron chi connectivity index (χ2n) is 4.87. The Morgan fingerprint density at radius 2 is 2.09 bits per heavy atom. The Morgan fingerprint density at radius 1 is 1.23 bits per heavy atom. The number of aromatic amines is 1. The molecule has 0 bridgehead atoms. The molecule has 0 aliphatic carbocycles. The lowest BCUT2D eigenvalue weighted by Gasteiger charge is -2.03. The Hall–Kier alpha value is -2.40. The summed E-state index contributed by atoms with van der Waals surface area (Å²) in [4.78, 5) is 27.7. The van der Waals surface area contributed by atoms with Crippen molar-refractivity contribution in [1.82, 2.24) is 4.98 Å². The number of aryl methyl sites for hydroxylation is 1. The third-order valence-corrected chi connectivity index (χ3v) is 4.39. The Balaban J connectivity index is 1.77. The minimum absolute atomic E-state index is 0.204. The molecule has 0 fully saturated rings. The minimum Gasteiger partial charge on any atom is -0.453 e. The van der Waals surface area contributed by atoms with Gasteiger partial charge in [0.25, 0.3) is 0 Å². The van der Waals surface area contributed by atoms with Crippen LogP contribution in [0.4, 0.5) is 0 Å². The van der Waals surface area contributed by atoms with Crippen molar-refractivity contribution in [2.45, 2.75) is 13.3 Å². The Bertz CT molecular complexity index is 818. The molecule has 0 amide bonds. The van der Waals surface area contributed by atoms with E-state index in [1.54, 1.807) is 23.7 Å². The molecular formula is C17H15NO3S. The Kier molecular flexibility index (Phi) is 4.06. The number of ketones is 1. The van der Waals surface area contributed by atoms with Gasteiger partial charge in [0.05, 0.1) is 0 Å². The zero-order chi connectivity index (χ0) is 15.5. The lowest BCUT2D eigenvalue weighted by atomic mass is 10.1. The first-order valence-electron chi connectivity index (χ1n) is 7.03. The number of thiophene rings is 1. The highest BCUT2D eigenvalue weighted by Gasteiger charge is 2.16. The molecule has 0 saturated heterocycles. The fourth-order valence-corrected chi connectivity index (χ4v) is 3.03. The number of carbonyl (C=O) groups excluding carboxylic acids is 2. The van der Waals surface area contributed by atoms with Crippen molar-refractivity contribution in [3.63, 3.8) is 0 Å². The highest BCUT2D eigenvalue weighted by Crippen LogP contribution is 2.22. The van der Waals surface area contributed by atoms with Crippen LogP contribution in [-0.2, 0) is 11.2 Å². The van der Waals surface area contributed by atoms with E-state index < -0.39 is 5.97 Å². The lowest BCUT2D eigenvalue weighted by molar-refractivity contribution is 0.0480. The number of ether oxygens (including phenoxy) is 1. The maximum atomic E-state index is 12.3. The van der Waals surface area contributed by atoms with E-state index in [1.807, 2.05) is 18.2 Å². The van der Waals surface area contributed by atoms with E-state index in [1.165, 1.54) is 11.3 Å². The molecule has 0 unspecified atom stereocenters. The van der Waals surface area contributed by atoms with E-state index in [2.05, 4.69) is 11.9 Å². The average Bonchev–Trinajstić information content (AvgIpc) is 3.20. The van der Waals surface area contributed by atoms with Crippen LogP contribution >= 0.6 is 11.3 Å². The van der Waals surface area contributed by atoms with Gasteiger partial charge >= 0.3 is 5.97 Å². The second kappa shape index (κ2) is 6.15. The number of fused-ring (bicyclic) bond motifs is 1. The van der Waals surface area contributed by atoms with Gasteiger partial charge in [-0.2, -0.15) is 0 Å². The number of Topliss-reactive ketones (excluding diaryl/α,β-unsaturated/α-hetero) is 1. The monoisotopic (exact) mass is 313 g/mol. The number of hydrogen-bond acceptors (Lipinski definition) is 4. The van der Waals surface area contributed by atoms with Gasteiger partial charge in [0.15, 0.2) is 6.61 Å². The van der Waals surface area contributed by atoms with Gasteiger partial charge in [-0.1, -0.05) is 31.2 Å². The predicted molar refractivity (Wildman–Crippen MR) is 86.6 cm³/mol. The van der Waals surface area contributed by atoms with Gasteiger partial charge in [-0.3, -0.25) is 4.79 Å². The summed E-state index contributed by atoms with van der Waals surface area (Å²) < 4.78 is 5.09. The zero-order valence-electron chi connectivity index (χ0n) is 12.1. The highest BCUT2D eigenvalue weighted by molar-refractivity contribution is 7.11. The molecule has 2 heterocycles. The van der Waals surface area contributed by atoms with Crippen molar-refractivity contribution in [2.75, 3.05) is 6.61 Å². The molecule has 0 spiro atoms. The molecule has 4 nitrogen and oxygen atoms in total. The first kappa shape index (κ1) is 14.5. The van der Waals surface area contributed by atoms with E-state index in [4.69, 9.17) is 4.74 Å². The van der Waals surface area contributed by atoms with Crippen LogP contribution in [0.25, 0.3) is 10.9 Å². The third kappa shape index (κ3) is 2.67. The third-order valence-electron chi connectivity index (χ3n) is 3.54. The number of esters is 1. The number of para-hydroxylation sites is 1. The number of hydrogen-bond donors (Lipinski definition) is 1. The molecular weight excluding hydrogens is 298 g/mol. The Morgan fingerprint density at radius 3 is 2.82 bits per heavy atom. The molecule has 22 heavy (non-hydrogen) atoms. The number of aromatic nitrogens is 1. The summed E-state index contributed by atoms with van der Waals surface area (Å²) in [7, 11) is 0. The van der Waals surface area contributed by atoms with Crippen LogP contribution < -0.4 is 0 Å². The predicted octanol–water partition coefficient (Wildman–Crippen LogP) is 3.83. The molecule has 5 heteroatoms. The molecule has 1 aromatic carbocycles. The van der Waals surface area contributed by atoms with Crippen molar-refractivity contribution in [1.29, 1.82) is 0 Å². The normalized spacial score (nSPS) is 10.8. The summed E-state index contributed by atoms with van der Waals surface area (Å²) in [6.07, 6.45) is 2.57. The first-order valence-corrected chi connectivity index (χ1v) is 7.91. The van der Waals surface area contributed by atoms with Crippen LogP contribution in [0.3, 0.4) is 0 Å². The molecule has 0 atom stereocenters. The number of nitrogens with one attached hydrogen (secondary N) is 1. The lowest BCUT2D eigenvalue weighted by Crippen LogP contribution is -2.13. The van der Waals surface area contributed by atoms with Crippen LogP contribution in [0.15, 0.2) is 41.9 Å². The second-order valence-corrected chi connectivity index (χ2v) is 5.82. The fraction of sp³-hybridized carbons (Fsp3) is 0.176. The standard InChI is InChI=1S/C17H15NO3S/c1-2-11-5-3-6-12-13(9-18-16(11)12)14(19)10-21-17(20)15-7-4-8-22-15/h3-9,18H,2,10H2,1H3. The fourth-order valence-electron chi connectivity index (χ4n) is 2.42. The average molecular weight is 313 g/mol. The molecule has 0 saturated carbocycles. The van der Waals surface area contributed by atoms with E-state index in [-0.39, 0.29) is 12.4 Å². The molecule has 2 aromatic heterocycles. The summed E-state index contributed by atoms with van der Waals surface area (Å²) >= 11 is 1.30. The van der Waals surface area contributed by atoms with E-state index in [0.717, 1.165) is 22.9 Å². The molecule has 1 N–H and O–H groups in total.